The molecule has 0 aliphatic carbocycles. The summed E-state index contributed by atoms with van der Waals surface area (Å²) in [6.45, 7) is 1.86. The van der Waals surface area contributed by atoms with Crippen LogP contribution in [0.3, 0.4) is 0 Å². The van der Waals surface area contributed by atoms with E-state index in [2.05, 4.69) is 5.32 Å². The summed E-state index contributed by atoms with van der Waals surface area (Å²) in [5.74, 6) is 1.76. The topological polar surface area (TPSA) is 56.8 Å². The molecule has 5 nitrogen and oxygen atoms in total. The van der Waals surface area contributed by atoms with Gasteiger partial charge in [-0.25, -0.2) is 0 Å². The molecule has 0 heterocycles. The van der Waals surface area contributed by atoms with Gasteiger partial charge in [-0.05, 0) is 59.7 Å². The van der Waals surface area contributed by atoms with Gasteiger partial charge in [0.25, 0.3) is 5.91 Å². The van der Waals surface area contributed by atoms with Gasteiger partial charge in [0.2, 0.25) is 0 Å². The van der Waals surface area contributed by atoms with E-state index in [0.717, 1.165) is 22.1 Å². The van der Waals surface area contributed by atoms with E-state index in [1.165, 1.54) is 0 Å². The lowest BCUT2D eigenvalue weighted by Crippen LogP contribution is -2.20. The number of aryl methyl sites for hydroxylation is 1. The lowest BCUT2D eigenvalue weighted by atomic mass is 10.1. The summed E-state index contributed by atoms with van der Waals surface area (Å²) in [6, 6.07) is 17.1. The van der Waals surface area contributed by atoms with Crippen molar-refractivity contribution in [2.75, 3.05) is 26.1 Å². The lowest BCUT2D eigenvalue weighted by Gasteiger charge is -2.12. The Morgan fingerprint density at radius 3 is 2.35 bits per heavy atom. The fourth-order valence-corrected chi connectivity index (χ4v) is 2.67. The average Bonchev–Trinajstić information content (AvgIpc) is 2.66. The van der Waals surface area contributed by atoms with Gasteiger partial charge in [-0.3, -0.25) is 4.79 Å². The first-order chi connectivity index (χ1) is 12.6. The molecule has 0 aliphatic heterocycles. The molecular weight excluding hydrogens is 330 g/mol. The SMILES string of the molecule is COc1ccc2ccc(OCC(=O)Nc3cc(C)ccc3OC)cc2c1. The van der Waals surface area contributed by atoms with Gasteiger partial charge in [0.05, 0.1) is 19.9 Å². The maximum atomic E-state index is 12.2. The zero-order chi connectivity index (χ0) is 18.5. The first kappa shape index (κ1) is 17.6. The van der Waals surface area contributed by atoms with Crippen LogP contribution in [0.4, 0.5) is 5.69 Å². The predicted octanol–water partition coefficient (Wildman–Crippen LogP) is 4.18. The number of ether oxygens (including phenoxy) is 3. The number of methoxy groups -OCH3 is 2. The molecule has 0 spiro atoms. The maximum absolute atomic E-state index is 12.2. The van der Waals surface area contributed by atoms with Crippen LogP contribution in [0.2, 0.25) is 0 Å². The lowest BCUT2D eigenvalue weighted by molar-refractivity contribution is -0.118. The number of benzene rings is 3. The number of hydrogen-bond donors (Lipinski definition) is 1. The molecule has 0 aliphatic rings. The van der Waals surface area contributed by atoms with Crippen LogP contribution in [-0.4, -0.2) is 26.7 Å². The quantitative estimate of drug-likeness (QED) is 0.724. The van der Waals surface area contributed by atoms with Gasteiger partial charge >= 0.3 is 0 Å². The molecule has 5 heteroatoms. The number of nitrogens with one attached hydrogen (secondary N) is 1. The van der Waals surface area contributed by atoms with E-state index >= 15 is 0 Å². The van der Waals surface area contributed by atoms with Crippen LogP contribution in [-0.2, 0) is 4.79 Å². The zero-order valence-corrected chi connectivity index (χ0v) is 15.0. The summed E-state index contributed by atoms with van der Waals surface area (Å²) in [7, 11) is 3.20. The molecule has 0 aromatic heterocycles. The summed E-state index contributed by atoms with van der Waals surface area (Å²) in [6.07, 6.45) is 0. The smallest absolute Gasteiger partial charge is 0.262 e. The molecule has 3 aromatic carbocycles. The number of rotatable bonds is 6. The third kappa shape index (κ3) is 4.06. The third-order valence-electron chi connectivity index (χ3n) is 4.02. The minimum atomic E-state index is -0.250. The molecule has 0 radical (unpaired) electrons. The molecule has 0 bridgehead atoms. The number of carbonyl (C=O) groups is 1. The van der Waals surface area contributed by atoms with Crippen molar-refractivity contribution < 1.29 is 19.0 Å². The van der Waals surface area contributed by atoms with Gasteiger partial charge in [0.1, 0.15) is 17.2 Å². The summed E-state index contributed by atoms with van der Waals surface area (Å²) in [4.78, 5) is 12.2. The van der Waals surface area contributed by atoms with E-state index in [0.29, 0.717) is 17.2 Å². The van der Waals surface area contributed by atoms with Crippen molar-refractivity contribution in [3.05, 3.63) is 60.2 Å². The van der Waals surface area contributed by atoms with E-state index < -0.39 is 0 Å². The fourth-order valence-electron chi connectivity index (χ4n) is 2.67. The summed E-state index contributed by atoms with van der Waals surface area (Å²) in [5.41, 5.74) is 1.66. The van der Waals surface area contributed by atoms with Crippen LogP contribution in [0.5, 0.6) is 17.2 Å². The van der Waals surface area contributed by atoms with E-state index in [9.17, 15) is 4.79 Å². The Hall–Kier alpha value is -3.21. The molecule has 0 saturated carbocycles. The van der Waals surface area contributed by atoms with Crippen LogP contribution < -0.4 is 19.5 Å². The Morgan fingerprint density at radius 2 is 1.62 bits per heavy atom. The number of anilines is 1. The van der Waals surface area contributed by atoms with Crippen molar-refractivity contribution in [2.45, 2.75) is 6.92 Å². The van der Waals surface area contributed by atoms with Gasteiger partial charge in [-0.2, -0.15) is 0 Å². The minimum Gasteiger partial charge on any atom is -0.497 e. The largest absolute Gasteiger partial charge is 0.497 e. The average molecular weight is 351 g/mol. The molecule has 1 N–H and O–H groups in total. The van der Waals surface area contributed by atoms with Crippen molar-refractivity contribution in [2.24, 2.45) is 0 Å². The second-order valence-corrected chi connectivity index (χ2v) is 5.92. The highest BCUT2D eigenvalue weighted by molar-refractivity contribution is 5.93. The summed E-state index contributed by atoms with van der Waals surface area (Å²) in [5, 5.41) is 4.88. The second kappa shape index (κ2) is 7.78. The predicted molar refractivity (Wildman–Crippen MR) is 102 cm³/mol. The summed E-state index contributed by atoms with van der Waals surface area (Å²) >= 11 is 0. The number of fused-ring (bicyclic) bond motifs is 1. The van der Waals surface area contributed by atoms with Crippen molar-refractivity contribution in [1.29, 1.82) is 0 Å². The molecule has 134 valence electrons. The highest BCUT2D eigenvalue weighted by Gasteiger charge is 2.09. The van der Waals surface area contributed by atoms with Crippen LogP contribution in [0, 0.1) is 6.92 Å². The van der Waals surface area contributed by atoms with E-state index in [-0.39, 0.29) is 12.5 Å². The number of amides is 1. The second-order valence-electron chi connectivity index (χ2n) is 5.92. The molecule has 0 fully saturated rings. The van der Waals surface area contributed by atoms with Crippen LogP contribution in [0.1, 0.15) is 5.56 Å². The van der Waals surface area contributed by atoms with Gasteiger partial charge in [0.15, 0.2) is 6.61 Å². The van der Waals surface area contributed by atoms with Crippen LogP contribution in [0.25, 0.3) is 10.8 Å². The van der Waals surface area contributed by atoms with Gasteiger partial charge < -0.3 is 19.5 Å². The monoisotopic (exact) mass is 351 g/mol. The standard InChI is InChI=1S/C21H21NO4/c1-14-4-9-20(25-3)19(10-14)22-21(23)13-26-18-8-6-15-5-7-17(24-2)11-16(15)12-18/h4-12H,13H2,1-3H3,(H,22,23). The minimum absolute atomic E-state index is 0.0907. The van der Waals surface area contributed by atoms with E-state index in [4.69, 9.17) is 14.2 Å². The Labute approximate surface area is 152 Å². The van der Waals surface area contributed by atoms with Gasteiger partial charge in [0, 0.05) is 0 Å². The molecule has 0 atom stereocenters. The van der Waals surface area contributed by atoms with E-state index in [1.807, 2.05) is 61.5 Å². The van der Waals surface area contributed by atoms with Gasteiger partial charge in [-0.1, -0.05) is 18.2 Å². The van der Waals surface area contributed by atoms with Crippen molar-refractivity contribution in [3.8, 4) is 17.2 Å². The normalized spacial score (nSPS) is 10.4. The Morgan fingerprint density at radius 1 is 0.885 bits per heavy atom. The van der Waals surface area contributed by atoms with Crippen molar-refractivity contribution in [1.82, 2.24) is 0 Å². The highest BCUT2D eigenvalue weighted by Crippen LogP contribution is 2.26. The zero-order valence-electron chi connectivity index (χ0n) is 15.0. The third-order valence-corrected chi connectivity index (χ3v) is 4.02. The highest BCUT2D eigenvalue weighted by atomic mass is 16.5. The van der Waals surface area contributed by atoms with Gasteiger partial charge in [-0.15, -0.1) is 0 Å². The first-order valence-electron chi connectivity index (χ1n) is 8.24. The molecular formula is C21H21NO4. The maximum Gasteiger partial charge on any atom is 0.262 e. The molecule has 26 heavy (non-hydrogen) atoms. The first-order valence-corrected chi connectivity index (χ1v) is 8.24. The fraction of sp³-hybridized carbons (Fsp3) is 0.190. The Balaban J connectivity index is 1.67. The van der Waals surface area contributed by atoms with Crippen LogP contribution in [0.15, 0.2) is 54.6 Å². The van der Waals surface area contributed by atoms with E-state index in [1.54, 1.807) is 14.2 Å². The summed E-state index contributed by atoms with van der Waals surface area (Å²) < 4.78 is 16.1. The van der Waals surface area contributed by atoms with Crippen LogP contribution >= 0.6 is 0 Å². The molecule has 0 unspecified atom stereocenters. The molecule has 1 amide bonds. The van der Waals surface area contributed by atoms with Crippen molar-refractivity contribution >= 4 is 22.4 Å². The Bertz CT molecular complexity index is 936. The molecule has 3 rings (SSSR count). The number of carbonyl (C=O) groups excluding carboxylic acids is 1. The Kier molecular flexibility index (Phi) is 5.27. The van der Waals surface area contributed by atoms with Crippen molar-refractivity contribution in [3.63, 3.8) is 0 Å². The molecule has 0 saturated heterocycles. The molecule has 3 aromatic rings. The number of hydrogen-bond acceptors (Lipinski definition) is 4.